The molecule has 0 amide bonds. The Kier molecular flexibility index (Phi) is 2.47. The number of hydrogen-bond acceptors (Lipinski definition) is 1. The Morgan fingerprint density at radius 2 is 2.18 bits per heavy atom. The maximum atomic E-state index is 11.2. The summed E-state index contributed by atoms with van der Waals surface area (Å²) in [5, 5.41) is 10.0. The molecule has 1 saturated carbocycles. The minimum absolute atomic E-state index is 0.368. The minimum Gasteiger partial charge on any atom is -0.478 e. The standard InChI is InChI=1S/C13H12BrNO2/c14-10-7-15(8-3-1-4-8)11-6-2-5-9(12(10)11)13(16)17/h2,5-8H,1,3-4H2,(H,16,17). The van der Waals surface area contributed by atoms with Crippen LogP contribution >= 0.6 is 15.9 Å². The van der Waals surface area contributed by atoms with Crippen molar-refractivity contribution in [1.29, 1.82) is 0 Å². The second kappa shape index (κ2) is 3.88. The van der Waals surface area contributed by atoms with E-state index in [1.54, 1.807) is 6.07 Å². The van der Waals surface area contributed by atoms with Gasteiger partial charge < -0.3 is 9.67 Å². The highest BCUT2D eigenvalue weighted by atomic mass is 79.9. The zero-order valence-corrected chi connectivity index (χ0v) is 10.8. The first kappa shape index (κ1) is 10.8. The van der Waals surface area contributed by atoms with Crippen LogP contribution < -0.4 is 0 Å². The molecule has 1 aromatic heterocycles. The zero-order valence-electron chi connectivity index (χ0n) is 9.19. The summed E-state index contributed by atoms with van der Waals surface area (Å²) in [5.41, 5.74) is 1.38. The van der Waals surface area contributed by atoms with E-state index >= 15 is 0 Å². The van der Waals surface area contributed by atoms with E-state index in [1.807, 2.05) is 18.3 Å². The molecule has 1 fully saturated rings. The Labute approximate surface area is 107 Å². The number of carboxylic acids is 1. The number of halogens is 1. The number of aromatic carboxylic acids is 1. The van der Waals surface area contributed by atoms with E-state index in [1.165, 1.54) is 19.3 Å². The van der Waals surface area contributed by atoms with Crippen LogP contribution in [0.15, 0.2) is 28.9 Å². The molecule has 88 valence electrons. The van der Waals surface area contributed by atoms with Gasteiger partial charge in [0, 0.05) is 22.1 Å². The van der Waals surface area contributed by atoms with E-state index in [0.29, 0.717) is 11.6 Å². The molecule has 4 heteroatoms. The number of nitrogens with zero attached hydrogens (tertiary/aromatic N) is 1. The van der Waals surface area contributed by atoms with Crippen molar-refractivity contribution in [1.82, 2.24) is 4.57 Å². The molecule has 1 aliphatic carbocycles. The Bertz CT molecular complexity index is 599. The van der Waals surface area contributed by atoms with Crippen LogP contribution in [-0.4, -0.2) is 15.6 Å². The number of fused-ring (bicyclic) bond motifs is 1. The van der Waals surface area contributed by atoms with Crippen molar-refractivity contribution < 1.29 is 9.90 Å². The molecular formula is C13H12BrNO2. The SMILES string of the molecule is O=C(O)c1cccc2c1c(Br)cn2C1CCC1. The van der Waals surface area contributed by atoms with Crippen molar-refractivity contribution in [3.63, 3.8) is 0 Å². The Balaban J connectivity index is 2.27. The predicted molar refractivity (Wildman–Crippen MR) is 69.5 cm³/mol. The molecule has 0 bridgehead atoms. The van der Waals surface area contributed by atoms with Gasteiger partial charge in [0.05, 0.1) is 11.1 Å². The van der Waals surface area contributed by atoms with E-state index in [9.17, 15) is 9.90 Å². The van der Waals surface area contributed by atoms with Crippen LogP contribution in [0.4, 0.5) is 0 Å². The van der Waals surface area contributed by atoms with Gasteiger partial charge in [0.15, 0.2) is 0 Å². The minimum atomic E-state index is -0.873. The molecule has 0 spiro atoms. The Morgan fingerprint density at radius 1 is 1.41 bits per heavy atom. The second-order valence-electron chi connectivity index (χ2n) is 4.47. The quantitative estimate of drug-likeness (QED) is 0.914. The van der Waals surface area contributed by atoms with Crippen molar-refractivity contribution in [3.05, 3.63) is 34.4 Å². The molecule has 3 nitrogen and oxygen atoms in total. The zero-order chi connectivity index (χ0) is 12.0. The van der Waals surface area contributed by atoms with Gasteiger partial charge in [0.25, 0.3) is 0 Å². The highest BCUT2D eigenvalue weighted by molar-refractivity contribution is 9.10. The fourth-order valence-electron chi connectivity index (χ4n) is 2.41. The van der Waals surface area contributed by atoms with Crippen molar-refractivity contribution >= 4 is 32.8 Å². The molecule has 0 saturated heterocycles. The first-order valence-electron chi connectivity index (χ1n) is 5.71. The molecule has 0 atom stereocenters. The highest BCUT2D eigenvalue weighted by Crippen LogP contribution is 2.38. The molecule has 0 unspecified atom stereocenters. The van der Waals surface area contributed by atoms with Crippen LogP contribution in [0.2, 0.25) is 0 Å². The van der Waals surface area contributed by atoms with Crippen LogP contribution in [-0.2, 0) is 0 Å². The summed E-state index contributed by atoms with van der Waals surface area (Å²) >= 11 is 3.47. The van der Waals surface area contributed by atoms with E-state index in [-0.39, 0.29) is 0 Å². The van der Waals surface area contributed by atoms with Crippen LogP contribution in [0.25, 0.3) is 10.9 Å². The van der Waals surface area contributed by atoms with Gasteiger partial charge >= 0.3 is 5.97 Å². The largest absolute Gasteiger partial charge is 0.478 e. The van der Waals surface area contributed by atoms with Gasteiger partial charge in [-0.3, -0.25) is 0 Å². The summed E-state index contributed by atoms with van der Waals surface area (Å²) in [7, 11) is 0. The Hall–Kier alpha value is -1.29. The highest BCUT2D eigenvalue weighted by Gasteiger charge is 2.23. The fourth-order valence-corrected chi connectivity index (χ4v) is 3.04. The molecule has 17 heavy (non-hydrogen) atoms. The summed E-state index contributed by atoms with van der Waals surface area (Å²) in [5.74, 6) is -0.873. The molecule has 2 aromatic rings. The van der Waals surface area contributed by atoms with Crippen LogP contribution in [0.5, 0.6) is 0 Å². The molecule has 1 aliphatic rings. The Morgan fingerprint density at radius 3 is 2.76 bits per heavy atom. The summed E-state index contributed by atoms with van der Waals surface area (Å²) in [6.45, 7) is 0. The van der Waals surface area contributed by atoms with E-state index in [0.717, 1.165) is 15.4 Å². The lowest BCUT2D eigenvalue weighted by molar-refractivity contribution is 0.0699. The van der Waals surface area contributed by atoms with Crippen LogP contribution in [0, 0.1) is 0 Å². The van der Waals surface area contributed by atoms with Crippen molar-refractivity contribution in [2.24, 2.45) is 0 Å². The average Bonchev–Trinajstić information content (AvgIpc) is 2.54. The molecule has 3 rings (SSSR count). The number of carboxylic acid groups (broad SMARTS) is 1. The number of rotatable bonds is 2. The van der Waals surface area contributed by atoms with E-state index in [4.69, 9.17) is 0 Å². The van der Waals surface area contributed by atoms with Gasteiger partial charge in [-0.25, -0.2) is 4.79 Å². The van der Waals surface area contributed by atoms with Crippen LogP contribution in [0.3, 0.4) is 0 Å². The van der Waals surface area contributed by atoms with Crippen molar-refractivity contribution in [3.8, 4) is 0 Å². The number of hydrogen-bond donors (Lipinski definition) is 1. The van der Waals surface area contributed by atoms with E-state index < -0.39 is 5.97 Å². The van der Waals surface area contributed by atoms with Gasteiger partial charge in [-0.05, 0) is 47.3 Å². The molecule has 1 heterocycles. The summed E-state index contributed by atoms with van der Waals surface area (Å²) < 4.78 is 3.08. The maximum Gasteiger partial charge on any atom is 0.336 e. The van der Waals surface area contributed by atoms with Crippen molar-refractivity contribution in [2.75, 3.05) is 0 Å². The summed E-state index contributed by atoms with van der Waals surface area (Å²) in [6.07, 6.45) is 5.66. The van der Waals surface area contributed by atoms with Gasteiger partial charge in [-0.1, -0.05) is 6.07 Å². The normalized spacial score (nSPS) is 16.1. The van der Waals surface area contributed by atoms with Gasteiger partial charge in [-0.2, -0.15) is 0 Å². The van der Waals surface area contributed by atoms with Gasteiger partial charge in [0.2, 0.25) is 0 Å². The second-order valence-corrected chi connectivity index (χ2v) is 5.33. The number of benzene rings is 1. The molecule has 1 N–H and O–H groups in total. The van der Waals surface area contributed by atoms with Gasteiger partial charge in [0.1, 0.15) is 0 Å². The lowest BCUT2D eigenvalue weighted by Crippen LogP contribution is -2.15. The smallest absolute Gasteiger partial charge is 0.336 e. The lowest BCUT2D eigenvalue weighted by Gasteiger charge is -2.28. The molecule has 1 aromatic carbocycles. The molecule has 0 aliphatic heterocycles. The number of aromatic nitrogens is 1. The van der Waals surface area contributed by atoms with Crippen molar-refractivity contribution in [2.45, 2.75) is 25.3 Å². The third kappa shape index (κ3) is 1.59. The van der Waals surface area contributed by atoms with Gasteiger partial charge in [-0.15, -0.1) is 0 Å². The lowest BCUT2D eigenvalue weighted by atomic mass is 9.93. The first-order chi connectivity index (χ1) is 8.18. The predicted octanol–water partition coefficient (Wildman–Crippen LogP) is 3.83. The number of carbonyl (C=O) groups is 1. The summed E-state index contributed by atoms with van der Waals surface area (Å²) in [4.78, 5) is 11.2. The monoisotopic (exact) mass is 293 g/mol. The summed E-state index contributed by atoms with van der Waals surface area (Å²) in [6, 6.07) is 5.99. The third-order valence-corrected chi connectivity index (χ3v) is 4.11. The van der Waals surface area contributed by atoms with E-state index in [2.05, 4.69) is 20.5 Å². The fraction of sp³-hybridized carbons (Fsp3) is 0.308. The molecular weight excluding hydrogens is 282 g/mol. The third-order valence-electron chi connectivity index (χ3n) is 3.51. The maximum absolute atomic E-state index is 11.2. The topological polar surface area (TPSA) is 42.2 Å². The average molecular weight is 294 g/mol. The van der Waals surface area contributed by atoms with Crippen LogP contribution in [0.1, 0.15) is 35.7 Å². The molecule has 0 radical (unpaired) electrons. The first-order valence-corrected chi connectivity index (χ1v) is 6.50.